The summed E-state index contributed by atoms with van der Waals surface area (Å²) in [7, 11) is 0. The molecule has 0 bridgehead atoms. The molecule has 76 valence electrons. The molecule has 0 saturated heterocycles. The van der Waals surface area contributed by atoms with Crippen molar-refractivity contribution in [3.63, 3.8) is 0 Å². The maximum atomic E-state index is 9.71. The molecule has 3 N–H and O–H groups in total. The van der Waals surface area contributed by atoms with Gasteiger partial charge < -0.3 is 10.8 Å². The Kier molecular flexibility index (Phi) is 3.55. The zero-order valence-corrected chi connectivity index (χ0v) is 9.10. The highest BCUT2D eigenvalue weighted by Gasteiger charge is 2.08. The molecule has 1 aromatic carbocycles. The van der Waals surface area contributed by atoms with E-state index in [4.69, 9.17) is 17.3 Å². The summed E-state index contributed by atoms with van der Waals surface area (Å²) in [6.45, 7) is 4.29. The van der Waals surface area contributed by atoms with Gasteiger partial charge >= 0.3 is 0 Å². The van der Waals surface area contributed by atoms with Gasteiger partial charge in [0.05, 0.1) is 5.02 Å². The van der Waals surface area contributed by atoms with Crippen LogP contribution < -0.4 is 5.73 Å². The van der Waals surface area contributed by atoms with E-state index < -0.39 is 0 Å². The van der Waals surface area contributed by atoms with Gasteiger partial charge in [0.25, 0.3) is 0 Å². The molecular weight excluding hydrogens is 198 g/mol. The summed E-state index contributed by atoms with van der Waals surface area (Å²) >= 11 is 5.95. The lowest BCUT2D eigenvalue weighted by Crippen LogP contribution is -1.92. The molecule has 0 amide bonds. The maximum Gasteiger partial charge on any atom is 0.141 e. The molecule has 0 unspecified atom stereocenters. The Hall–Kier alpha value is -0.990. The third-order valence-corrected chi connectivity index (χ3v) is 2.67. The molecule has 0 fully saturated rings. The predicted molar refractivity (Wildman–Crippen MR) is 60.7 cm³/mol. The number of phenolic OH excluding ortho intramolecular Hbond substituents is 1. The van der Waals surface area contributed by atoms with Crippen LogP contribution in [0.5, 0.6) is 5.75 Å². The average molecular weight is 212 g/mol. The molecule has 14 heavy (non-hydrogen) atoms. The second-order valence-electron chi connectivity index (χ2n) is 3.21. The van der Waals surface area contributed by atoms with Crippen molar-refractivity contribution < 1.29 is 5.11 Å². The number of hydrogen-bond acceptors (Lipinski definition) is 2. The summed E-state index contributed by atoms with van der Waals surface area (Å²) in [5.74, 6) is 0.125. The molecule has 0 spiro atoms. The van der Waals surface area contributed by atoms with Crippen molar-refractivity contribution in [1.82, 2.24) is 0 Å². The lowest BCUT2D eigenvalue weighted by atomic mass is 10.0. The van der Waals surface area contributed by atoms with Crippen molar-refractivity contribution in [1.29, 1.82) is 0 Å². The molecule has 1 aromatic rings. The van der Waals surface area contributed by atoms with Crippen LogP contribution in [0.4, 0.5) is 0 Å². The Labute approximate surface area is 89.0 Å². The number of hydrogen-bond donors (Lipinski definition) is 2. The summed E-state index contributed by atoms with van der Waals surface area (Å²) in [4.78, 5) is 0. The van der Waals surface area contributed by atoms with Gasteiger partial charge in [0.1, 0.15) is 5.75 Å². The quantitative estimate of drug-likeness (QED) is 0.790. The zero-order valence-electron chi connectivity index (χ0n) is 8.34. The molecule has 0 radical (unpaired) electrons. The first-order valence-electron chi connectivity index (χ1n) is 4.43. The van der Waals surface area contributed by atoms with Crippen LogP contribution in [0.15, 0.2) is 12.1 Å². The molecule has 2 nitrogen and oxygen atoms in total. The van der Waals surface area contributed by atoms with Crippen LogP contribution in [-0.4, -0.2) is 11.7 Å². The number of aryl methyl sites for hydroxylation is 1. The monoisotopic (exact) mass is 211 g/mol. The van der Waals surface area contributed by atoms with Gasteiger partial charge in [-0.05, 0) is 31.0 Å². The maximum absolute atomic E-state index is 9.71. The second-order valence-corrected chi connectivity index (χ2v) is 3.59. The minimum Gasteiger partial charge on any atom is -0.506 e. The second kappa shape index (κ2) is 4.49. The van der Waals surface area contributed by atoms with Crippen molar-refractivity contribution in [3.8, 4) is 5.75 Å². The number of phenols is 1. The predicted octanol–water partition coefficient (Wildman–Crippen LogP) is 2.63. The third-order valence-electron chi connectivity index (χ3n) is 2.21. The molecule has 0 saturated carbocycles. The van der Waals surface area contributed by atoms with Gasteiger partial charge in [0.2, 0.25) is 0 Å². The van der Waals surface area contributed by atoms with Crippen molar-refractivity contribution in [2.75, 3.05) is 6.54 Å². The van der Waals surface area contributed by atoms with Gasteiger partial charge in [-0.3, -0.25) is 0 Å². The Morgan fingerprint density at radius 1 is 1.50 bits per heavy atom. The fourth-order valence-corrected chi connectivity index (χ4v) is 1.47. The van der Waals surface area contributed by atoms with E-state index in [-0.39, 0.29) is 5.75 Å². The average Bonchev–Trinajstić information content (AvgIpc) is 2.18. The highest BCUT2D eigenvalue weighted by molar-refractivity contribution is 6.33. The van der Waals surface area contributed by atoms with Crippen molar-refractivity contribution in [3.05, 3.63) is 33.9 Å². The number of benzene rings is 1. The fourth-order valence-electron chi connectivity index (χ4n) is 1.21. The normalized spacial score (nSPS) is 11.1. The summed E-state index contributed by atoms with van der Waals surface area (Å²) in [5, 5.41) is 10.1. The highest BCUT2D eigenvalue weighted by atomic mass is 35.5. The van der Waals surface area contributed by atoms with E-state index in [0.717, 1.165) is 11.1 Å². The minimum atomic E-state index is 0.125. The highest BCUT2D eigenvalue weighted by Crippen LogP contribution is 2.33. The van der Waals surface area contributed by atoms with E-state index in [9.17, 15) is 5.11 Å². The third kappa shape index (κ3) is 2.08. The van der Waals surface area contributed by atoms with Crippen LogP contribution in [-0.2, 0) is 0 Å². The van der Waals surface area contributed by atoms with E-state index in [1.54, 1.807) is 12.2 Å². The van der Waals surface area contributed by atoms with Gasteiger partial charge in [-0.2, -0.15) is 0 Å². The molecule has 0 atom stereocenters. The Bertz CT molecular complexity index is 372. The molecule has 0 aliphatic heterocycles. The van der Waals surface area contributed by atoms with E-state index in [1.165, 1.54) is 0 Å². The smallest absolute Gasteiger partial charge is 0.141 e. The SMILES string of the molecule is Cc1cc(/C=C/CN)c(O)c(Cl)c1C. The van der Waals surface area contributed by atoms with Crippen molar-refractivity contribution >= 4 is 17.7 Å². The summed E-state index contributed by atoms with van der Waals surface area (Å²) in [6.07, 6.45) is 3.55. The summed E-state index contributed by atoms with van der Waals surface area (Å²) < 4.78 is 0. The van der Waals surface area contributed by atoms with Crippen molar-refractivity contribution in [2.24, 2.45) is 5.73 Å². The number of nitrogens with two attached hydrogens (primary N) is 1. The topological polar surface area (TPSA) is 46.2 Å². The van der Waals surface area contributed by atoms with Crippen LogP contribution in [0.2, 0.25) is 5.02 Å². The van der Waals surface area contributed by atoms with Crippen LogP contribution in [0.3, 0.4) is 0 Å². The summed E-state index contributed by atoms with van der Waals surface area (Å²) in [6, 6.07) is 1.89. The molecule has 0 aliphatic carbocycles. The molecule has 1 rings (SSSR count). The Morgan fingerprint density at radius 3 is 2.71 bits per heavy atom. The van der Waals surface area contributed by atoms with Crippen molar-refractivity contribution in [2.45, 2.75) is 13.8 Å². The van der Waals surface area contributed by atoms with E-state index in [1.807, 2.05) is 19.9 Å². The van der Waals surface area contributed by atoms with Gasteiger partial charge in [-0.1, -0.05) is 23.8 Å². The summed E-state index contributed by atoms with van der Waals surface area (Å²) in [5.41, 5.74) is 8.01. The first-order valence-corrected chi connectivity index (χ1v) is 4.81. The largest absolute Gasteiger partial charge is 0.506 e. The first kappa shape index (κ1) is 11.1. The van der Waals surface area contributed by atoms with E-state index in [2.05, 4.69) is 0 Å². The molecule has 3 heteroatoms. The number of aromatic hydroxyl groups is 1. The zero-order chi connectivity index (χ0) is 10.7. The first-order chi connectivity index (χ1) is 6.57. The minimum absolute atomic E-state index is 0.125. The molecule has 0 aliphatic rings. The number of rotatable bonds is 2. The van der Waals surface area contributed by atoms with E-state index >= 15 is 0 Å². The lowest BCUT2D eigenvalue weighted by molar-refractivity contribution is 0.473. The fraction of sp³-hybridized carbons (Fsp3) is 0.273. The van der Waals surface area contributed by atoms with Crippen LogP contribution >= 0.6 is 11.6 Å². The van der Waals surface area contributed by atoms with Gasteiger partial charge in [-0.25, -0.2) is 0 Å². The van der Waals surface area contributed by atoms with E-state index in [0.29, 0.717) is 17.1 Å². The molecular formula is C11H14ClNO. The number of halogens is 1. The van der Waals surface area contributed by atoms with Crippen LogP contribution in [0, 0.1) is 13.8 Å². The van der Waals surface area contributed by atoms with Crippen LogP contribution in [0.25, 0.3) is 6.08 Å². The van der Waals surface area contributed by atoms with Crippen LogP contribution in [0.1, 0.15) is 16.7 Å². The van der Waals surface area contributed by atoms with Gasteiger partial charge in [-0.15, -0.1) is 0 Å². The Balaban J connectivity index is 3.26. The molecule has 0 aromatic heterocycles. The molecule has 0 heterocycles. The Morgan fingerprint density at radius 2 is 2.14 bits per heavy atom. The van der Waals surface area contributed by atoms with Gasteiger partial charge in [0.15, 0.2) is 0 Å². The lowest BCUT2D eigenvalue weighted by Gasteiger charge is -2.08. The van der Waals surface area contributed by atoms with Gasteiger partial charge in [0, 0.05) is 12.1 Å². The standard InChI is InChI=1S/C11H14ClNO/c1-7-6-9(4-3-5-13)11(14)10(12)8(7)2/h3-4,6,14H,5,13H2,1-2H3/b4-3+.